The summed E-state index contributed by atoms with van der Waals surface area (Å²) < 4.78 is 18.2. The zero-order valence-corrected chi connectivity index (χ0v) is 26.7. The summed E-state index contributed by atoms with van der Waals surface area (Å²) in [7, 11) is 1.52. The molecular formula is C33H30Cl2N2O5S. The number of methoxy groups -OCH3 is 1. The molecule has 6 rings (SSSR count). The molecule has 3 aromatic carbocycles. The maximum absolute atomic E-state index is 11.6. The lowest BCUT2D eigenvalue weighted by atomic mass is 9.98. The number of nitrogens with zero attached hydrogens (tertiary/aromatic N) is 2. The molecule has 10 heteroatoms. The zero-order chi connectivity index (χ0) is 30.6. The molecule has 222 valence electrons. The maximum Gasteiger partial charge on any atom is 0.335 e. The van der Waals surface area contributed by atoms with Crippen LogP contribution in [0.2, 0.25) is 10.0 Å². The van der Waals surface area contributed by atoms with E-state index in [1.807, 2.05) is 43.3 Å². The molecule has 0 amide bonds. The summed E-state index contributed by atoms with van der Waals surface area (Å²) in [4.78, 5) is 16.5. The molecule has 0 radical (unpaired) electrons. The number of fused-ring (bicyclic) bond motifs is 1. The van der Waals surface area contributed by atoms with E-state index in [0.717, 1.165) is 44.1 Å². The van der Waals surface area contributed by atoms with Gasteiger partial charge in [0.15, 0.2) is 0 Å². The van der Waals surface area contributed by atoms with Gasteiger partial charge in [0.2, 0.25) is 0 Å². The van der Waals surface area contributed by atoms with Crippen molar-refractivity contribution in [3.8, 4) is 22.8 Å². The third-order valence-electron chi connectivity index (χ3n) is 8.18. The summed E-state index contributed by atoms with van der Waals surface area (Å²) in [5.41, 5.74) is 5.04. The molecule has 1 saturated carbocycles. The van der Waals surface area contributed by atoms with Crippen LogP contribution >= 0.6 is 34.5 Å². The van der Waals surface area contributed by atoms with E-state index >= 15 is 0 Å². The molecular weight excluding hydrogens is 607 g/mol. The predicted octanol–water partition coefficient (Wildman–Crippen LogP) is 9.42. The topological polar surface area (TPSA) is 94.7 Å². The minimum absolute atomic E-state index is 0.111. The Hall–Kier alpha value is -3.59. The van der Waals surface area contributed by atoms with Gasteiger partial charge >= 0.3 is 5.97 Å². The molecule has 1 fully saturated rings. The van der Waals surface area contributed by atoms with Gasteiger partial charge in [0.05, 0.1) is 28.0 Å². The summed E-state index contributed by atoms with van der Waals surface area (Å²) >= 11 is 14.9. The zero-order valence-electron chi connectivity index (χ0n) is 24.3. The second kappa shape index (κ2) is 11.2. The van der Waals surface area contributed by atoms with Crippen LogP contribution < -0.4 is 9.47 Å². The number of aromatic carboxylic acids is 1. The molecule has 2 unspecified atom stereocenters. The highest BCUT2D eigenvalue weighted by molar-refractivity contribution is 7.18. The number of rotatable bonds is 9. The number of carboxylic acids is 1. The van der Waals surface area contributed by atoms with Gasteiger partial charge in [-0.05, 0) is 60.7 Å². The number of benzene rings is 3. The summed E-state index contributed by atoms with van der Waals surface area (Å²) in [6.07, 6.45) is 0.875. The van der Waals surface area contributed by atoms with Crippen LogP contribution in [0.4, 0.5) is 0 Å². The van der Waals surface area contributed by atoms with Gasteiger partial charge < -0.3 is 19.1 Å². The fraction of sp³-hybridized carbons (Fsp3) is 0.303. The molecule has 7 nitrogen and oxygen atoms in total. The lowest BCUT2D eigenvalue weighted by molar-refractivity contribution is 0.0696. The van der Waals surface area contributed by atoms with Crippen molar-refractivity contribution >= 4 is 50.7 Å². The van der Waals surface area contributed by atoms with Gasteiger partial charge in [0.25, 0.3) is 0 Å². The SMILES string of the molecule is COc1cc(C(=O)O)cc2sc(C3(C)CC3c3ccc(OCc4c(-c5c(C)cccc5Cl)noc4C(C)C)cc3Cl)nc12. The molecule has 1 aliphatic rings. The van der Waals surface area contributed by atoms with Gasteiger partial charge in [0.1, 0.15) is 40.1 Å². The third kappa shape index (κ3) is 5.26. The van der Waals surface area contributed by atoms with Gasteiger partial charge in [0, 0.05) is 21.9 Å². The molecule has 1 N–H and O–H groups in total. The van der Waals surface area contributed by atoms with Gasteiger partial charge in [-0.25, -0.2) is 9.78 Å². The first-order valence-electron chi connectivity index (χ1n) is 13.9. The van der Waals surface area contributed by atoms with Gasteiger partial charge in [-0.1, -0.05) is 67.3 Å². The van der Waals surface area contributed by atoms with Crippen LogP contribution in [0.25, 0.3) is 21.5 Å². The predicted molar refractivity (Wildman–Crippen MR) is 169 cm³/mol. The first kappa shape index (κ1) is 29.5. The molecule has 0 aliphatic heterocycles. The minimum atomic E-state index is -1.00. The van der Waals surface area contributed by atoms with Crippen molar-refractivity contribution in [2.24, 2.45) is 0 Å². The molecule has 2 aromatic heterocycles. The number of hydrogen-bond acceptors (Lipinski definition) is 7. The van der Waals surface area contributed by atoms with Crippen LogP contribution in [0.3, 0.4) is 0 Å². The lowest BCUT2D eigenvalue weighted by Crippen LogP contribution is -2.04. The van der Waals surface area contributed by atoms with Crippen molar-refractivity contribution in [1.29, 1.82) is 0 Å². The first-order chi connectivity index (χ1) is 20.5. The molecule has 43 heavy (non-hydrogen) atoms. The molecule has 0 bridgehead atoms. The number of thiazole rings is 1. The number of carbonyl (C=O) groups is 1. The van der Waals surface area contributed by atoms with E-state index in [1.54, 1.807) is 6.07 Å². The smallest absolute Gasteiger partial charge is 0.335 e. The summed E-state index contributed by atoms with van der Waals surface area (Å²) in [6.45, 7) is 8.52. The summed E-state index contributed by atoms with van der Waals surface area (Å²) in [6, 6.07) is 14.7. The van der Waals surface area contributed by atoms with Gasteiger partial charge in [-0.3, -0.25) is 0 Å². The maximum atomic E-state index is 11.6. The number of aromatic nitrogens is 2. The Bertz CT molecular complexity index is 1860. The number of carboxylic acid groups (broad SMARTS) is 1. The molecule has 2 heterocycles. The quantitative estimate of drug-likeness (QED) is 0.172. The van der Waals surface area contributed by atoms with Crippen LogP contribution in [0.1, 0.15) is 76.8 Å². The van der Waals surface area contributed by atoms with E-state index in [0.29, 0.717) is 32.8 Å². The molecule has 2 atom stereocenters. The molecule has 0 saturated heterocycles. The average molecular weight is 638 g/mol. The Morgan fingerprint density at radius 3 is 2.65 bits per heavy atom. The first-order valence-corrected chi connectivity index (χ1v) is 15.5. The molecule has 5 aromatic rings. The Morgan fingerprint density at radius 1 is 1.19 bits per heavy atom. The fourth-order valence-corrected chi connectivity index (χ4v) is 7.50. The van der Waals surface area contributed by atoms with E-state index in [1.165, 1.54) is 24.5 Å². The van der Waals surface area contributed by atoms with E-state index < -0.39 is 5.97 Å². The van der Waals surface area contributed by atoms with Crippen LogP contribution in [0.5, 0.6) is 11.5 Å². The lowest BCUT2D eigenvalue weighted by Gasteiger charge is -2.13. The van der Waals surface area contributed by atoms with Gasteiger partial charge in [-0.15, -0.1) is 11.3 Å². The number of ether oxygens (including phenoxy) is 2. The highest BCUT2D eigenvalue weighted by Gasteiger charge is 2.55. The fourth-order valence-electron chi connectivity index (χ4n) is 5.66. The number of halogens is 2. The van der Waals surface area contributed by atoms with E-state index in [4.69, 9.17) is 42.2 Å². The Morgan fingerprint density at radius 2 is 1.98 bits per heavy atom. The summed E-state index contributed by atoms with van der Waals surface area (Å²) in [5.74, 6) is 1.13. The van der Waals surface area contributed by atoms with Crippen molar-refractivity contribution in [3.63, 3.8) is 0 Å². The van der Waals surface area contributed by atoms with Crippen molar-refractivity contribution in [2.75, 3.05) is 7.11 Å². The van der Waals surface area contributed by atoms with E-state index in [2.05, 4.69) is 25.9 Å². The van der Waals surface area contributed by atoms with Crippen molar-refractivity contribution in [2.45, 2.75) is 58.0 Å². The average Bonchev–Trinajstić information content (AvgIpc) is 3.28. The van der Waals surface area contributed by atoms with Crippen LogP contribution in [0, 0.1) is 6.92 Å². The van der Waals surface area contributed by atoms with E-state index in [-0.39, 0.29) is 29.4 Å². The van der Waals surface area contributed by atoms with Crippen molar-refractivity contribution in [3.05, 3.63) is 91.6 Å². The highest BCUT2D eigenvalue weighted by Crippen LogP contribution is 2.62. The Labute approximate surface area is 263 Å². The van der Waals surface area contributed by atoms with Crippen molar-refractivity contribution in [1.82, 2.24) is 10.1 Å². The highest BCUT2D eigenvalue weighted by atomic mass is 35.5. The van der Waals surface area contributed by atoms with Crippen LogP contribution in [0.15, 0.2) is 53.1 Å². The van der Waals surface area contributed by atoms with Crippen LogP contribution in [-0.2, 0) is 12.0 Å². The number of aryl methyl sites for hydroxylation is 1. The normalized spacial score (nSPS) is 17.9. The molecule has 0 spiro atoms. The minimum Gasteiger partial charge on any atom is -0.494 e. The van der Waals surface area contributed by atoms with E-state index in [9.17, 15) is 9.90 Å². The second-order valence-electron chi connectivity index (χ2n) is 11.5. The third-order valence-corrected chi connectivity index (χ3v) is 10.1. The largest absolute Gasteiger partial charge is 0.494 e. The standard InChI is InChI=1S/C33H30Cl2N2O5S/c1-16(2)30-21(28(37-42-30)27-17(3)7-6-8-23(27)34)15-41-19-9-10-20(24(35)13-19)22-14-33(22,4)32-36-29-25(40-5)11-18(31(38)39)12-26(29)43-32/h6-13,16,22H,14-15H2,1-5H3,(H,38,39). The van der Waals surface area contributed by atoms with Crippen molar-refractivity contribution < 1.29 is 23.9 Å². The van der Waals surface area contributed by atoms with Crippen LogP contribution in [-0.4, -0.2) is 28.3 Å². The Balaban J connectivity index is 1.24. The Kier molecular flexibility index (Phi) is 7.65. The summed E-state index contributed by atoms with van der Waals surface area (Å²) in [5, 5.41) is 16.0. The molecule has 1 aliphatic carbocycles. The van der Waals surface area contributed by atoms with Gasteiger partial charge in [-0.2, -0.15) is 0 Å². The monoisotopic (exact) mass is 636 g/mol. The number of hydrogen-bond donors (Lipinski definition) is 1. The second-order valence-corrected chi connectivity index (χ2v) is 13.3.